The van der Waals surface area contributed by atoms with Crippen LogP contribution in [-0.4, -0.2) is 33.3 Å². The molecule has 0 saturated carbocycles. The zero-order chi connectivity index (χ0) is 13.3. The van der Waals surface area contributed by atoms with Crippen LogP contribution in [0, 0.1) is 6.92 Å². The van der Waals surface area contributed by atoms with Crippen molar-refractivity contribution in [2.24, 2.45) is 0 Å². The maximum atomic E-state index is 10.1. The minimum Gasteiger partial charge on any atom is -0.388 e. The lowest BCUT2D eigenvalue weighted by atomic mass is 9.86. The molecule has 96 valence electrons. The van der Waals surface area contributed by atoms with Gasteiger partial charge in [-0.2, -0.15) is 4.98 Å². The fraction of sp³-hybridized carbons (Fsp3) is 0.667. The van der Waals surface area contributed by atoms with Gasteiger partial charge in [-0.3, -0.25) is 0 Å². The highest BCUT2D eigenvalue weighted by Crippen LogP contribution is 2.26. The van der Waals surface area contributed by atoms with E-state index >= 15 is 0 Å². The number of anilines is 2. The van der Waals surface area contributed by atoms with Crippen molar-refractivity contribution in [1.29, 1.82) is 0 Å². The van der Waals surface area contributed by atoms with Crippen LogP contribution in [0.25, 0.3) is 0 Å². The molecule has 5 nitrogen and oxygen atoms in total. The molecule has 0 aliphatic heterocycles. The highest BCUT2D eigenvalue weighted by molar-refractivity contribution is 5.48. The van der Waals surface area contributed by atoms with E-state index in [-0.39, 0.29) is 0 Å². The molecule has 5 heteroatoms. The molecule has 17 heavy (non-hydrogen) atoms. The van der Waals surface area contributed by atoms with Gasteiger partial charge in [0, 0.05) is 18.8 Å². The number of nitrogens with one attached hydrogen (secondary N) is 2. The summed E-state index contributed by atoms with van der Waals surface area (Å²) >= 11 is 0. The van der Waals surface area contributed by atoms with Gasteiger partial charge in [-0.05, 0) is 34.6 Å². The average Bonchev–Trinajstić information content (AvgIpc) is 2.19. The van der Waals surface area contributed by atoms with E-state index in [1.165, 1.54) is 0 Å². The molecule has 3 N–H and O–H groups in total. The van der Waals surface area contributed by atoms with Crippen LogP contribution in [0.1, 0.15) is 33.3 Å². The maximum absolute atomic E-state index is 10.1. The number of aliphatic hydroxyl groups is 1. The van der Waals surface area contributed by atoms with Crippen molar-refractivity contribution in [3.05, 3.63) is 11.8 Å². The summed E-state index contributed by atoms with van der Waals surface area (Å²) in [6.07, 6.45) is 1.75. The summed E-state index contributed by atoms with van der Waals surface area (Å²) in [5.74, 6) is 1.29. The van der Waals surface area contributed by atoms with Gasteiger partial charge in [0.25, 0.3) is 0 Å². The summed E-state index contributed by atoms with van der Waals surface area (Å²) in [5, 5.41) is 16.3. The Morgan fingerprint density at radius 1 is 1.24 bits per heavy atom. The molecule has 0 saturated heterocycles. The standard InChI is InChI=1S/C12H22N4O/c1-8-7-14-10(13-6)15-9(8)16-11(2,3)12(4,5)17/h7,17H,1-6H3,(H2,13,14,15,16). The van der Waals surface area contributed by atoms with E-state index in [0.29, 0.717) is 5.95 Å². The van der Waals surface area contributed by atoms with E-state index in [9.17, 15) is 5.11 Å². The molecule has 0 aromatic carbocycles. The first-order valence-electron chi connectivity index (χ1n) is 5.69. The smallest absolute Gasteiger partial charge is 0.224 e. The van der Waals surface area contributed by atoms with Crippen LogP contribution in [0.15, 0.2) is 6.20 Å². The summed E-state index contributed by atoms with van der Waals surface area (Å²) < 4.78 is 0. The van der Waals surface area contributed by atoms with Gasteiger partial charge in [-0.1, -0.05) is 0 Å². The molecule has 0 atom stereocenters. The van der Waals surface area contributed by atoms with Gasteiger partial charge in [0.05, 0.1) is 11.1 Å². The quantitative estimate of drug-likeness (QED) is 0.746. The fourth-order valence-corrected chi connectivity index (χ4v) is 1.14. The Labute approximate surface area is 103 Å². The zero-order valence-corrected chi connectivity index (χ0v) is 11.4. The van der Waals surface area contributed by atoms with Crippen LogP contribution >= 0.6 is 0 Å². The third kappa shape index (κ3) is 3.06. The van der Waals surface area contributed by atoms with Crippen molar-refractivity contribution >= 4 is 11.8 Å². The Balaban J connectivity index is 3.02. The normalized spacial score (nSPS) is 12.4. The van der Waals surface area contributed by atoms with Gasteiger partial charge in [0.15, 0.2) is 0 Å². The zero-order valence-electron chi connectivity index (χ0n) is 11.4. The van der Waals surface area contributed by atoms with Gasteiger partial charge in [-0.25, -0.2) is 4.98 Å². The van der Waals surface area contributed by atoms with Gasteiger partial charge in [0.1, 0.15) is 5.82 Å². The lowest BCUT2D eigenvalue weighted by molar-refractivity contribution is 0.0238. The van der Waals surface area contributed by atoms with E-state index in [1.54, 1.807) is 27.1 Å². The first-order chi connectivity index (χ1) is 7.67. The first kappa shape index (κ1) is 13.7. The molecular formula is C12H22N4O. The molecule has 1 heterocycles. The molecule has 1 rings (SSSR count). The van der Waals surface area contributed by atoms with Crippen LogP contribution in [0.5, 0.6) is 0 Å². The Morgan fingerprint density at radius 2 is 1.82 bits per heavy atom. The Bertz CT molecular complexity index is 396. The summed E-state index contributed by atoms with van der Waals surface area (Å²) in [7, 11) is 1.77. The van der Waals surface area contributed by atoms with Crippen LogP contribution in [-0.2, 0) is 0 Å². The van der Waals surface area contributed by atoms with E-state index in [0.717, 1.165) is 11.4 Å². The van der Waals surface area contributed by atoms with E-state index in [2.05, 4.69) is 20.6 Å². The average molecular weight is 238 g/mol. The Kier molecular flexibility index (Phi) is 3.62. The molecule has 0 bridgehead atoms. The summed E-state index contributed by atoms with van der Waals surface area (Å²) in [4.78, 5) is 8.47. The third-order valence-corrected chi connectivity index (χ3v) is 3.16. The second kappa shape index (κ2) is 4.49. The van der Waals surface area contributed by atoms with Crippen molar-refractivity contribution in [2.45, 2.75) is 45.8 Å². The lowest BCUT2D eigenvalue weighted by Crippen LogP contribution is -2.51. The van der Waals surface area contributed by atoms with Crippen molar-refractivity contribution < 1.29 is 5.11 Å². The van der Waals surface area contributed by atoms with E-state index in [1.807, 2.05) is 20.8 Å². The van der Waals surface area contributed by atoms with Crippen LogP contribution < -0.4 is 10.6 Å². The van der Waals surface area contributed by atoms with Crippen molar-refractivity contribution in [3.63, 3.8) is 0 Å². The molecule has 0 spiro atoms. The lowest BCUT2D eigenvalue weighted by Gasteiger charge is -2.38. The number of nitrogens with zero attached hydrogens (tertiary/aromatic N) is 2. The van der Waals surface area contributed by atoms with Crippen molar-refractivity contribution in [1.82, 2.24) is 9.97 Å². The van der Waals surface area contributed by atoms with Gasteiger partial charge >= 0.3 is 0 Å². The molecule has 1 aromatic heterocycles. The van der Waals surface area contributed by atoms with Crippen LogP contribution in [0.2, 0.25) is 0 Å². The van der Waals surface area contributed by atoms with Crippen LogP contribution in [0.3, 0.4) is 0 Å². The molecule has 0 radical (unpaired) electrons. The molecular weight excluding hydrogens is 216 g/mol. The number of rotatable bonds is 4. The highest BCUT2D eigenvalue weighted by Gasteiger charge is 2.35. The number of hydrogen-bond donors (Lipinski definition) is 3. The highest BCUT2D eigenvalue weighted by atomic mass is 16.3. The summed E-state index contributed by atoms with van der Waals surface area (Å²) in [6, 6.07) is 0. The molecule has 0 aliphatic rings. The van der Waals surface area contributed by atoms with E-state index < -0.39 is 11.1 Å². The summed E-state index contributed by atoms with van der Waals surface area (Å²) in [6.45, 7) is 9.36. The Morgan fingerprint density at radius 3 is 2.29 bits per heavy atom. The molecule has 0 amide bonds. The van der Waals surface area contributed by atoms with Crippen LogP contribution in [0.4, 0.5) is 11.8 Å². The number of aromatic nitrogens is 2. The van der Waals surface area contributed by atoms with Crippen molar-refractivity contribution in [3.8, 4) is 0 Å². The predicted molar refractivity (Wildman–Crippen MR) is 70.3 cm³/mol. The minimum absolute atomic E-state index is 0.489. The van der Waals surface area contributed by atoms with Gasteiger partial charge in [-0.15, -0.1) is 0 Å². The molecule has 0 fully saturated rings. The molecule has 0 unspecified atom stereocenters. The second-order valence-corrected chi connectivity index (χ2v) is 5.28. The predicted octanol–water partition coefficient (Wildman–Crippen LogP) is 1.79. The van der Waals surface area contributed by atoms with E-state index in [4.69, 9.17) is 0 Å². The summed E-state index contributed by atoms with van der Waals surface area (Å²) in [5.41, 5.74) is -0.400. The van der Waals surface area contributed by atoms with Gasteiger partial charge < -0.3 is 15.7 Å². The Hall–Kier alpha value is -1.36. The topological polar surface area (TPSA) is 70.1 Å². The largest absolute Gasteiger partial charge is 0.388 e. The monoisotopic (exact) mass is 238 g/mol. The minimum atomic E-state index is -0.857. The third-order valence-electron chi connectivity index (χ3n) is 3.16. The number of aryl methyl sites for hydroxylation is 1. The first-order valence-corrected chi connectivity index (χ1v) is 5.69. The van der Waals surface area contributed by atoms with Gasteiger partial charge in [0.2, 0.25) is 5.95 Å². The fourth-order valence-electron chi connectivity index (χ4n) is 1.14. The molecule has 0 aliphatic carbocycles. The number of hydrogen-bond acceptors (Lipinski definition) is 5. The maximum Gasteiger partial charge on any atom is 0.224 e. The molecule has 1 aromatic rings. The second-order valence-electron chi connectivity index (χ2n) is 5.28. The SMILES string of the molecule is CNc1ncc(C)c(NC(C)(C)C(C)(C)O)n1. The van der Waals surface area contributed by atoms with Crippen molar-refractivity contribution in [2.75, 3.05) is 17.7 Å².